The summed E-state index contributed by atoms with van der Waals surface area (Å²) in [6.45, 7) is 4.59. The number of carboxylic acid groups (broad SMARTS) is 1. The van der Waals surface area contributed by atoms with Crippen molar-refractivity contribution in [2.75, 3.05) is 20.2 Å². The van der Waals surface area contributed by atoms with Crippen molar-refractivity contribution in [3.05, 3.63) is 40.1 Å². The van der Waals surface area contributed by atoms with Gasteiger partial charge in [0, 0.05) is 18.0 Å². The lowest BCUT2D eigenvalue weighted by molar-refractivity contribution is -0.150. The molecular formula is C20H23NO4S. The Morgan fingerprint density at radius 2 is 1.96 bits per heavy atom. The Morgan fingerprint density at radius 1 is 1.27 bits per heavy atom. The monoisotopic (exact) mass is 373 g/mol. The van der Waals surface area contributed by atoms with Crippen LogP contribution in [0.2, 0.25) is 0 Å². The van der Waals surface area contributed by atoms with E-state index in [0.717, 1.165) is 21.8 Å². The minimum Gasteiger partial charge on any atom is -0.497 e. The highest BCUT2D eigenvalue weighted by atomic mass is 32.1. The molecular weight excluding hydrogens is 350 g/mol. The van der Waals surface area contributed by atoms with Gasteiger partial charge in [0.1, 0.15) is 5.75 Å². The third kappa shape index (κ3) is 3.46. The van der Waals surface area contributed by atoms with Crippen LogP contribution in [0.5, 0.6) is 5.75 Å². The summed E-state index contributed by atoms with van der Waals surface area (Å²) in [6, 6.07) is 9.67. The van der Waals surface area contributed by atoms with E-state index >= 15 is 0 Å². The molecule has 1 aliphatic heterocycles. The van der Waals surface area contributed by atoms with E-state index in [2.05, 4.69) is 0 Å². The first-order valence-electron chi connectivity index (χ1n) is 8.61. The first-order valence-corrected chi connectivity index (χ1v) is 9.43. The summed E-state index contributed by atoms with van der Waals surface area (Å²) >= 11 is 1.46. The summed E-state index contributed by atoms with van der Waals surface area (Å²) in [7, 11) is 1.63. The molecule has 1 unspecified atom stereocenters. The van der Waals surface area contributed by atoms with E-state index in [1.807, 2.05) is 37.3 Å². The van der Waals surface area contributed by atoms with Gasteiger partial charge in [-0.25, -0.2) is 0 Å². The zero-order chi connectivity index (χ0) is 18.9. The van der Waals surface area contributed by atoms with E-state index in [9.17, 15) is 14.7 Å². The van der Waals surface area contributed by atoms with Crippen LogP contribution in [0, 0.1) is 12.3 Å². The highest BCUT2D eigenvalue weighted by Gasteiger charge is 2.39. The molecule has 26 heavy (non-hydrogen) atoms. The van der Waals surface area contributed by atoms with Crippen molar-refractivity contribution < 1.29 is 19.4 Å². The van der Waals surface area contributed by atoms with Gasteiger partial charge < -0.3 is 14.7 Å². The van der Waals surface area contributed by atoms with Gasteiger partial charge in [0.25, 0.3) is 5.91 Å². The van der Waals surface area contributed by atoms with Gasteiger partial charge in [0.15, 0.2) is 0 Å². The average Bonchev–Trinajstić information content (AvgIpc) is 3.03. The molecule has 1 aromatic heterocycles. The maximum atomic E-state index is 12.9. The minimum atomic E-state index is -0.862. The molecule has 1 saturated heterocycles. The predicted molar refractivity (Wildman–Crippen MR) is 102 cm³/mol. The van der Waals surface area contributed by atoms with Gasteiger partial charge in [-0.15, -0.1) is 11.3 Å². The standard InChI is InChI=1S/C20H23NO4S/c1-13-16(14-5-7-15(25-3)8-6-14)11-17(26-13)18(22)21-10-4-9-20(2,12-21)19(23)24/h5-8,11H,4,9-10,12H2,1-3H3,(H,23,24). The van der Waals surface area contributed by atoms with Crippen LogP contribution in [0.4, 0.5) is 0 Å². The Labute approximate surface area is 157 Å². The summed E-state index contributed by atoms with van der Waals surface area (Å²) in [5.41, 5.74) is 1.20. The largest absolute Gasteiger partial charge is 0.497 e. The molecule has 0 saturated carbocycles. The summed E-state index contributed by atoms with van der Waals surface area (Å²) < 4.78 is 5.19. The number of hydrogen-bond acceptors (Lipinski definition) is 4. The molecule has 6 heteroatoms. The van der Waals surface area contributed by atoms with Gasteiger partial charge in [-0.1, -0.05) is 12.1 Å². The number of methoxy groups -OCH3 is 1. The molecule has 2 heterocycles. The molecule has 0 aliphatic carbocycles. The van der Waals surface area contributed by atoms with E-state index in [0.29, 0.717) is 24.3 Å². The van der Waals surface area contributed by atoms with Gasteiger partial charge >= 0.3 is 5.97 Å². The number of carbonyl (C=O) groups is 2. The fourth-order valence-corrected chi connectivity index (χ4v) is 4.40. The number of hydrogen-bond donors (Lipinski definition) is 1. The Bertz CT molecular complexity index is 827. The lowest BCUT2D eigenvalue weighted by Crippen LogP contribution is -2.48. The van der Waals surface area contributed by atoms with Crippen LogP contribution < -0.4 is 4.74 Å². The molecule has 1 amide bonds. The molecule has 2 aromatic rings. The van der Waals surface area contributed by atoms with Crippen LogP contribution in [0.1, 0.15) is 34.3 Å². The van der Waals surface area contributed by atoms with Crippen molar-refractivity contribution in [2.45, 2.75) is 26.7 Å². The lowest BCUT2D eigenvalue weighted by atomic mass is 9.82. The maximum absolute atomic E-state index is 12.9. The van der Waals surface area contributed by atoms with Crippen molar-refractivity contribution in [1.82, 2.24) is 4.90 Å². The number of ether oxygens (including phenoxy) is 1. The van der Waals surface area contributed by atoms with Crippen LogP contribution in [0.15, 0.2) is 30.3 Å². The molecule has 0 spiro atoms. The average molecular weight is 373 g/mol. The lowest BCUT2D eigenvalue weighted by Gasteiger charge is -2.37. The highest BCUT2D eigenvalue weighted by Crippen LogP contribution is 2.35. The number of likely N-dealkylation sites (tertiary alicyclic amines) is 1. The molecule has 1 N–H and O–H groups in total. The highest BCUT2D eigenvalue weighted by molar-refractivity contribution is 7.14. The number of piperidine rings is 1. The Morgan fingerprint density at radius 3 is 2.58 bits per heavy atom. The van der Waals surface area contributed by atoms with Gasteiger partial charge in [-0.3, -0.25) is 9.59 Å². The molecule has 138 valence electrons. The second-order valence-corrected chi connectivity index (χ2v) is 8.26. The first-order chi connectivity index (χ1) is 12.3. The SMILES string of the molecule is COc1ccc(-c2cc(C(=O)N3CCCC(C)(C(=O)O)C3)sc2C)cc1. The number of aliphatic carboxylic acids is 1. The topological polar surface area (TPSA) is 66.8 Å². The van der Waals surface area contributed by atoms with Gasteiger partial charge in [-0.2, -0.15) is 0 Å². The number of thiophene rings is 1. The van der Waals surface area contributed by atoms with E-state index in [-0.39, 0.29) is 12.5 Å². The van der Waals surface area contributed by atoms with Crippen molar-refractivity contribution in [3.8, 4) is 16.9 Å². The van der Waals surface area contributed by atoms with E-state index in [1.165, 1.54) is 11.3 Å². The van der Waals surface area contributed by atoms with Crippen molar-refractivity contribution >= 4 is 23.2 Å². The zero-order valence-electron chi connectivity index (χ0n) is 15.2. The summed E-state index contributed by atoms with van der Waals surface area (Å²) in [5.74, 6) is -0.125. The van der Waals surface area contributed by atoms with Crippen LogP contribution in [0.3, 0.4) is 0 Å². The van der Waals surface area contributed by atoms with Crippen LogP contribution in [-0.2, 0) is 4.79 Å². The number of carbonyl (C=O) groups excluding carboxylic acids is 1. The summed E-state index contributed by atoms with van der Waals surface area (Å²) in [6.07, 6.45) is 1.32. The van der Waals surface area contributed by atoms with Gasteiger partial charge in [0.2, 0.25) is 0 Å². The van der Waals surface area contributed by atoms with Gasteiger partial charge in [-0.05, 0) is 56.0 Å². The molecule has 1 fully saturated rings. The van der Waals surface area contributed by atoms with Crippen LogP contribution in [0.25, 0.3) is 11.1 Å². The number of rotatable bonds is 4. The third-order valence-electron chi connectivity index (χ3n) is 5.03. The second-order valence-electron chi connectivity index (χ2n) is 7.01. The molecule has 0 radical (unpaired) electrons. The first kappa shape index (κ1) is 18.5. The van der Waals surface area contributed by atoms with E-state index < -0.39 is 11.4 Å². The Balaban J connectivity index is 1.83. The van der Waals surface area contributed by atoms with Crippen molar-refractivity contribution in [2.24, 2.45) is 5.41 Å². The molecule has 1 aliphatic rings. The number of aryl methyl sites for hydroxylation is 1. The second kappa shape index (κ2) is 7.11. The summed E-state index contributed by atoms with van der Waals surface area (Å²) in [5, 5.41) is 9.46. The third-order valence-corrected chi connectivity index (χ3v) is 6.07. The number of amides is 1. The van der Waals surface area contributed by atoms with Crippen molar-refractivity contribution in [1.29, 1.82) is 0 Å². The molecule has 5 nitrogen and oxygen atoms in total. The van der Waals surface area contributed by atoms with Crippen molar-refractivity contribution in [3.63, 3.8) is 0 Å². The minimum absolute atomic E-state index is 0.0787. The zero-order valence-corrected chi connectivity index (χ0v) is 16.1. The molecule has 3 rings (SSSR count). The predicted octanol–water partition coefficient (Wildman–Crippen LogP) is 4.06. The van der Waals surface area contributed by atoms with E-state index in [4.69, 9.17) is 4.74 Å². The fraction of sp³-hybridized carbons (Fsp3) is 0.400. The normalized spacial score (nSPS) is 20.0. The van der Waals surface area contributed by atoms with Crippen LogP contribution >= 0.6 is 11.3 Å². The molecule has 1 aromatic carbocycles. The summed E-state index contributed by atoms with van der Waals surface area (Å²) in [4.78, 5) is 27.9. The smallest absolute Gasteiger partial charge is 0.311 e. The number of benzene rings is 1. The Hall–Kier alpha value is -2.34. The fourth-order valence-electron chi connectivity index (χ4n) is 3.39. The molecule has 0 bridgehead atoms. The van der Waals surface area contributed by atoms with E-state index in [1.54, 1.807) is 18.9 Å². The quantitative estimate of drug-likeness (QED) is 0.878. The molecule has 1 atom stereocenters. The number of nitrogens with zero attached hydrogens (tertiary/aromatic N) is 1. The Kier molecular flexibility index (Phi) is 5.05. The van der Waals surface area contributed by atoms with Crippen LogP contribution in [-0.4, -0.2) is 42.1 Å². The number of carboxylic acids is 1. The maximum Gasteiger partial charge on any atom is 0.311 e. The van der Waals surface area contributed by atoms with Gasteiger partial charge in [0.05, 0.1) is 17.4 Å².